The number of pyridine rings is 1. The second kappa shape index (κ2) is 15.8. The van der Waals surface area contributed by atoms with Gasteiger partial charge in [0, 0.05) is 43.4 Å². The number of carbonyl (C=O) groups excluding carboxylic acids is 1. The third kappa shape index (κ3) is 8.26. The molecule has 0 atom stereocenters. The summed E-state index contributed by atoms with van der Waals surface area (Å²) in [6.45, 7) is 3.89. The Kier molecular flexibility index (Phi) is 11.6. The lowest BCUT2D eigenvalue weighted by Gasteiger charge is -2.21. The number of nitrogens with two attached hydrogens (primary N) is 2. The van der Waals surface area contributed by atoms with E-state index in [-0.39, 0.29) is 11.7 Å². The Morgan fingerprint density at radius 1 is 0.905 bits per heavy atom. The fourth-order valence-electron chi connectivity index (χ4n) is 5.38. The molecule has 0 saturated heterocycles. The molecule has 222 valence electrons. The van der Waals surface area contributed by atoms with Gasteiger partial charge in [-0.2, -0.15) is 0 Å². The van der Waals surface area contributed by atoms with E-state index in [1.165, 1.54) is 50.5 Å². The highest BCUT2D eigenvalue weighted by Crippen LogP contribution is 2.23. The molecule has 4 aromatic rings. The maximum atomic E-state index is 13.6. The van der Waals surface area contributed by atoms with Crippen LogP contribution < -0.4 is 16.4 Å². The first-order chi connectivity index (χ1) is 20.5. The fraction of sp³-hybridized carbons (Fsp3) is 0.412. The summed E-state index contributed by atoms with van der Waals surface area (Å²) in [6, 6.07) is 19.2. The Bertz CT molecular complexity index is 1430. The number of nitrogen functional groups attached to an aromatic ring is 1. The Morgan fingerprint density at radius 2 is 1.62 bits per heavy atom. The van der Waals surface area contributed by atoms with Crippen molar-refractivity contribution in [3.63, 3.8) is 0 Å². The van der Waals surface area contributed by atoms with Crippen molar-refractivity contribution in [2.24, 2.45) is 11.5 Å². The van der Waals surface area contributed by atoms with E-state index in [2.05, 4.69) is 16.5 Å². The lowest BCUT2D eigenvalue weighted by molar-refractivity contribution is 0.0987. The molecule has 42 heavy (non-hydrogen) atoms. The smallest absolute Gasteiger partial charge is 0.259 e. The van der Waals surface area contributed by atoms with Crippen molar-refractivity contribution in [1.29, 1.82) is 5.41 Å². The van der Waals surface area contributed by atoms with Gasteiger partial charge in [-0.3, -0.25) is 15.1 Å². The van der Waals surface area contributed by atoms with Crippen molar-refractivity contribution in [2.75, 3.05) is 18.0 Å². The molecule has 0 spiro atoms. The zero-order chi connectivity index (χ0) is 29.7. The molecule has 0 bridgehead atoms. The Labute approximate surface area is 249 Å². The molecule has 4 rings (SSSR count). The number of fused-ring (bicyclic) bond motifs is 1. The second-order valence-electron chi connectivity index (χ2n) is 10.9. The van der Waals surface area contributed by atoms with E-state index in [4.69, 9.17) is 21.9 Å². The van der Waals surface area contributed by atoms with Gasteiger partial charge in [-0.05, 0) is 48.7 Å². The maximum absolute atomic E-state index is 13.6. The maximum Gasteiger partial charge on any atom is 0.259 e. The zero-order valence-electron chi connectivity index (χ0n) is 24.9. The summed E-state index contributed by atoms with van der Waals surface area (Å²) in [4.78, 5) is 24.6. The first kappa shape index (κ1) is 30.9. The molecule has 2 heterocycles. The summed E-state index contributed by atoms with van der Waals surface area (Å²) < 4.78 is 2.33. The SMILES string of the molecule is CCCCCCCCCCn1c(CCc2ccc(C(=N)N)cc2)nc2cc(C(=O)N(CCN)c3ccccn3)ccc21. The van der Waals surface area contributed by atoms with E-state index >= 15 is 0 Å². The Balaban J connectivity index is 1.53. The minimum absolute atomic E-state index is 0.0760. The molecular weight excluding hydrogens is 522 g/mol. The van der Waals surface area contributed by atoms with E-state index in [1.807, 2.05) is 60.7 Å². The number of unbranched alkanes of at least 4 members (excludes halogenated alkanes) is 7. The molecule has 0 aliphatic carbocycles. The van der Waals surface area contributed by atoms with Gasteiger partial charge in [0.05, 0.1) is 11.0 Å². The summed E-state index contributed by atoms with van der Waals surface area (Å²) in [7, 11) is 0. The molecule has 0 unspecified atom stereocenters. The summed E-state index contributed by atoms with van der Waals surface area (Å²) in [5.41, 5.74) is 15.8. The van der Waals surface area contributed by atoms with Gasteiger partial charge >= 0.3 is 0 Å². The normalized spacial score (nSPS) is 11.2. The van der Waals surface area contributed by atoms with Gasteiger partial charge in [0.2, 0.25) is 0 Å². The lowest BCUT2D eigenvalue weighted by Crippen LogP contribution is -2.36. The van der Waals surface area contributed by atoms with E-state index in [0.717, 1.165) is 48.2 Å². The molecule has 5 N–H and O–H groups in total. The van der Waals surface area contributed by atoms with Crippen molar-refractivity contribution >= 4 is 28.6 Å². The number of benzene rings is 2. The minimum atomic E-state index is -0.134. The van der Waals surface area contributed by atoms with Gasteiger partial charge in [-0.15, -0.1) is 0 Å². The first-order valence-corrected chi connectivity index (χ1v) is 15.4. The van der Waals surface area contributed by atoms with Gasteiger partial charge in [0.1, 0.15) is 17.5 Å². The van der Waals surface area contributed by atoms with Crippen LogP contribution in [0.5, 0.6) is 0 Å². The molecular formula is C34H45N7O. The highest BCUT2D eigenvalue weighted by Gasteiger charge is 2.20. The summed E-state index contributed by atoms with van der Waals surface area (Å²) in [6.07, 6.45) is 13.4. The van der Waals surface area contributed by atoms with Crippen LogP contribution in [0.1, 0.15) is 85.6 Å². The van der Waals surface area contributed by atoms with Gasteiger partial charge < -0.3 is 16.0 Å². The minimum Gasteiger partial charge on any atom is -0.384 e. The van der Waals surface area contributed by atoms with Crippen molar-refractivity contribution in [1.82, 2.24) is 14.5 Å². The average Bonchev–Trinajstić information content (AvgIpc) is 3.36. The standard InChI is InChI=1S/C34H45N7O/c1-2-3-4-5-6-7-8-11-23-40-30-19-18-28(34(42)41(24-21-35)31-12-9-10-22-38-31)25-29(30)39-32(40)20-15-26-13-16-27(17-14-26)33(36)37/h9-10,12-14,16-19,22,25H,2-8,11,15,20-21,23-24,35H2,1H3,(H3,36,37). The van der Waals surface area contributed by atoms with Crippen LogP contribution in [0.3, 0.4) is 0 Å². The quantitative estimate of drug-likeness (QED) is 0.0790. The molecule has 8 nitrogen and oxygen atoms in total. The number of nitrogens with zero attached hydrogens (tertiary/aromatic N) is 4. The van der Waals surface area contributed by atoms with Crippen LogP contribution >= 0.6 is 0 Å². The number of hydrogen-bond acceptors (Lipinski definition) is 5. The predicted octanol–water partition coefficient (Wildman–Crippen LogP) is 6.25. The molecule has 0 saturated carbocycles. The van der Waals surface area contributed by atoms with Gasteiger partial charge in [0.15, 0.2) is 0 Å². The van der Waals surface area contributed by atoms with E-state index in [0.29, 0.717) is 24.5 Å². The van der Waals surface area contributed by atoms with Gasteiger partial charge in [-0.1, -0.05) is 82.2 Å². The van der Waals surface area contributed by atoms with Crippen molar-refractivity contribution < 1.29 is 4.79 Å². The van der Waals surface area contributed by atoms with E-state index < -0.39 is 0 Å². The van der Waals surface area contributed by atoms with E-state index in [9.17, 15) is 4.79 Å². The number of rotatable bonds is 17. The summed E-state index contributed by atoms with van der Waals surface area (Å²) >= 11 is 0. The van der Waals surface area contributed by atoms with Crippen LogP contribution in [0.2, 0.25) is 0 Å². The largest absolute Gasteiger partial charge is 0.384 e. The van der Waals surface area contributed by atoms with Crippen molar-refractivity contribution in [3.05, 3.63) is 89.4 Å². The molecule has 2 aromatic heterocycles. The zero-order valence-corrected chi connectivity index (χ0v) is 24.9. The van der Waals surface area contributed by atoms with Crippen LogP contribution in [0.4, 0.5) is 5.82 Å². The monoisotopic (exact) mass is 567 g/mol. The van der Waals surface area contributed by atoms with Crippen LogP contribution in [0.25, 0.3) is 11.0 Å². The summed E-state index contributed by atoms with van der Waals surface area (Å²) in [5.74, 6) is 1.55. The number of anilines is 1. The number of amides is 1. The van der Waals surface area contributed by atoms with E-state index in [1.54, 1.807) is 11.1 Å². The lowest BCUT2D eigenvalue weighted by atomic mass is 10.1. The predicted molar refractivity (Wildman–Crippen MR) is 172 cm³/mol. The molecule has 2 aromatic carbocycles. The van der Waals surface area contributed by atoms with Crippen LogP contribution in [-0.4, -0.2) is 39.4 Å². The number of aromatic nitrogens is 3. The van der Waals surface area contributed by atoms with Gasteiger partial charge in [-0.25, -0.2) is 9.97 Å². The Morgan fingerprint density at radius 3 is 2.29 bits per heavy atom. The van der Waals surface area contributed by atoms with Crippen LogP contribution in [0, 0.1) is 5.41 Å². The summed E-state index contributed by atoms with van der Waals surface area (Å²) in [5, 5.41) is 7.64. The second-order valence-corrected chi connectivity index (χ2v) is 10.9. The number of aryl methyl sites for hydroxylation is 3. The highest BCUT2D eigenvalue weighted by atomic mass is 16.2. The average molecular weight is 568 g/mol. The number of hydrogen-bond donors (Lipinski definition) is 3. The molecule has 8 heteroatoms. The van der Waals surface area contributed by atoms with Crippen molar-refractivity contribution in [2.45, 2.75) is 77.7 Å². The molecule has 1 amide bonds. The highest BCUT2D eigenvalue weighted by molar-refractivity contribution is 6.07. The van der Waals surface area contributed by atoms with Crippen molar-refractivity contribution in [3.8, 4) is 0 Å². The fourth-order valence-corrected chi connectivity index (χ4v) is 5.38. The molecule has 0 radical (unpaired) electrons. The molecule has 0 fully saturated rings. The van der Waals surface area contributed by atoms with Gasteiger partial charge in [0.25, 0.3) is 5.91 Å². The molecule has 0 aliphatic heterocycles. The van der Waals surface area contributed by atoms with Crippen LogP contribution in [-0.2, 0) is 19.4 Å². The third-order valence-corrected chi connectivity index (χ3v) is 7.74. The number of nitrogens with one attached hydrogen (secondary N) is 1. The first-order valence-electron chi connectivity index (χ1n) is 15.4. The number of amidine groups is 1. The van der Waals surface area contributed by atoms with Crippen LogP contribution in [0.15, 0.2) is 66.9 Å². The Hall–Kier alpha value is -4.04. The topological polar surface area (TPSA) is 127 Å². The number of carbonyl (C=O) groups is 1. The molecule has 0 aliphatic rings. The third-order valence-electron chi connectivity index (χ3n) is 7.74. The number of imidazole rings is 1.